The zero-order chi connectivity index (χ0) is 12.7. The fraction of sp³-hybridized carbons (Fsp3) is 0.643. The van der Waals surface area contributed by atoms with Crippen LogP contribution in [0.2, 0.25) is 0 Å². The quantitative estimate of drug-likeness (QED) is 0.787. The summed E-state index contributed by atoms with van der Waals surface area (Å²) in [6.45, 7) is 8.48. The van der Waals surface area contributed by atoms with Gasteiger partial charge in [-0.3, -0.25) is 4.90 Å². The minimum atomic E-state index is 0.633. The van der Waals surface area contributed by atoms with Gasteiger partial charge in [-0.25, -0.2) is 4.98 Å². The first-order chi connectivity index (χ1) is 8.17. The van der Waals surface area contributed by atoms with Gasteiger partial charge in [0.15, 0.2) is 0 Å². The maximum atomic E-state index is 4.39. The molecule has 0 aliphatic heterocycles. The minimum absolute atomic E-state index is 0.633. The van der Waals surface area contributed by atoms with Crippen molar-refractivity contribution in [1.82, 2.24) is 9.88 Å². The Hall–Kier alpha value is -1.09. The molecule has 0 radical (unpaired) electrons. The van der Waals surface area contributed by atoms with Crippen LogP contribution in [0.15, 0.2) is 18.3 Å². The highest BCUT2D eigenvalue weighted by Crippen LogP contribution is 2.11. The van der Waals surface area contributed by atoms with E-state index in [-0.39, 0.29) is 0 Å². The minimum Gasteiger partial charge on any atom is -0.370 e. The molecule has 3 heteroatoms. The molecule has 96 valence electrons. The Labute approximate surface area is 105 Å². The average molecular weight is 235 g/mol. The summed E-state index contributed by atoms with van der Waals surface area (Å²) in [5, 5.41) is 3.21. The van der Waals surface area contributed by atoms with Crippen molar-refractivity contribution < 1.29 is 0 Å². The van der Waals surface area contributed by atoms with E-state index < -0.39 is 0 Å². The second-order valence-electron chi connectivity index (χ2n) is 4.63. The lowest BCUT2D eigenvalue weighted by Gasteiger charge is -2.24. The van der Waals surface area contributed by atoms with Gasteiger partial charge in [-0.05, 0) is 38.9 Å². The van der Waals surface area contributed by atoms with Crippen LogP contribution in [0.4, 0.5) is 5.82 Å². The first kappa shape index (κ1) is 14.0. The van der Waals surface area contributed by atoms with E-state index in [4.69, 9.17) is 0 Å². The van der Waals surface area contributed by atoms with Gasteiger partial charge < -0.3 is 5.32 Å². The molecule has 0 fully saturated rings. The maximum absolute atomic E-state index is 4.39. The molecule has 0 amide bonds. The van der Waals surface area contributed by atoms with Crippen LogP contribution in [0, 0.1) is 0 Å². The van der Waals surface area contributed by atoms with Crippen molar-refractivity contribution in [2.24, 2.45) is 0 Å². The first-order valence-electron chi connectivity index (χ1n) is 6.56. The Morgan fingerprint density at radius 2 is 2.12 bits per heavy atom. The number of pyridine rings is 1. The number of nitrogens with zero attached hydrogens (tertiary/aromatic N) is 2. The number of aromatic nitrogens is 1. The molecule has 1 N–H and O–H groups in total. The number of rotatable bonds is 7. The molecule has 0 aromatic carbocycles. The van der Waals surface area contributed by atoms with Crippen molar-refractivity contribution in [1.29, 1.82) is 0 Å². The third kappa shape index (κ3) is 4.73. The van der Waals surface area contributed by atoms with Crippen molar-refractivity contribution in [3.8, 4) is 0 Å². The average Bonchev–Trinajstić information content (AvgIpc) is 2.32. The molecule has 1 heterocycles. The van der Waals surface area contributed by atoms with Gasteiger partial charge in [0.25, 0.3) is 0 Å². The molecule has 0 spiro atoms. The SMILES string of the molecule is CCCC(C)N(C)Cc1ccc(NCC)nc1. The number of hydrogen-bond acceptors (Lipinski definition) is 3. The fourth-order valence-electron chi connectivity index (χ4n) is 1.89. The molecule has 1 unspecified atom stereocenters. The lowest BCUT2D eigenvalue weighted by molar-refractivity contribution is 0.236. The molecule has 0 saturated carbocycles. The summed E-state index contributed by atoms with van der Waals surface area (Å²) in [5.74, 6) is 0.959. The lowest BCUT2D eigenvalue weighted by Crippen LogP contribution is -2.28. The van der Waals surface area contributed by atoms with Crippen LogP contribution in [-0.4, -0.2) is 29.5 Å². The van der Waals surface area contributed by atoms with E-state index >= 15 is 0 Å². The second-order valence-corrected chi connectivity index (χ2v) is 4.63. The number of nitrogens with one attached hydrogen (secondary N) is 1. The van der Waals surface area contributed by atoms with Crippen LogP contribution in [0.25, 0.3) is 0 Å². The van der Waals surface area contributed by atoms with Crippen molar-refractivity contribution in [3.05, 3.63) is 23.9 Å². The highest BCUT2D eigenvalue weighted by atomic mass is 15.1. The predicted molar refractivity (Wildman–Crippen MR) is 74.2 cm³/mol. The zero-order valence-corrected chi connectivity index (χ0v) is 11.5. The molecule has 0 aliphatic rings. The monoisotopic (exact) mass is 235 g/mol. The molecule has 1 atom stereocenters. The fourth-order valence-corrected chi connectivity index (χ4v) is 1.89. The van der Waals surface area contributed by atoms with Gasteiger partial charge in [0.2, 0.25) is 0 Å². The standard InChI is InChI=1S/C14H25N3/c1-5-7-12(3)17(4)11-13-8-9-14(15-6-2)16-10-13/h8-10,12H,5-7,11H2,1-4H3,(H,15,16). The normalized spacial score (nSPS) is 12.8. The Morgan fingerprint density at radius 3 is 2.65 bits per heavy atom. The summed E-state index contributed by atoms with van der Waals surface area (Å²) in [7, 11) is 2.18. The van der Waals surface area contributed by atoms with Crippen LogP contribution in [-0.2, 0) is 6.54 Å². The molecule has 0 aliphatic carbocycles. The van der Waals surface area contributed by atoms with Gasteiger partial charge in [0, 0.05) is 25.3 Å². The highest BCUT2D eigenvalue weighted by Gasteiger charge is 2.08. The maximum Gasteiger partial charge on any atom is 0.125 e. The van der Waals surface area contributed by atoms with Crippen LogP contribution >= 0.6 is 0 Å². The van der Waals surface area contributed by atoms with Gasteiger partial charge in [0.05, 0.1) is 0 Å². The number of hydrogen-bond donors (Lipinski definition) is 1. The molecule has 0 bridgehead atoms. The smallest absolute Gasteiger partial charge is 0.125 e. The molecule has 1 rings (SSSR count). The molecule has 1 aromatic heterocycles. The van der Waals surface area contributed by atoms with Gasteiger partial charge in [-0.15, -0.1) is 0 Å². The first-order valence-corrected chi connectivity index (χ1v) is 6.56. The Morgan fingerprint density at radius 1 is 1.35 bits per heavy atom. The van der Waals surface area contributed by atoms with Gasteiger partial charge >= 0.3 is 0 Å². The van der Waals surface area contributed by atoms with E-state index in [1.807, 2.05) is 6.20 Å². The van der Waals surface area contributed by atoms with Crippen molar-refractivity contribution >= 4 is 5.82 Å². The lowest BCUT2D eigenvalue weighted by atomic mass is 10.1. The summed E-state index contributed by atoms with van der Waals surface area (Å²) in [6, 6.07) is 4.84. The Bertz CT molecular complexity index is 308. The van der Waals surface area contributed by atoms with E-state index in [1.165, 1.54) is 18.4 Å². The van der Waals surface area contributed by atoms with Crippen molar-refractivity contribution in [3.63, 3.8) is 0 Å². The number of anilines is 1. The summed E-state index contributed by atoms with van der Waals surface area (Å²) < 4.78 is 0. The predicted octanol–water partition coefficient (Wildman–Crippen LogP) is 3.13. The summed E-state index contributed by atoms with van der Waals surface area (Å²) in [6.07, 6.45) is 4.45. The molecule has 0 saturated heterocycles. The van der Waals surface area contributed by atoms with E-state index in [9.17, 15) is 0 Å². The van der Waals surface area contributed by atoms with Gasteiger partial charge in [0.1, 0.15) is 5.82 Å². The zero-order valence-electron chi connectivity index (χ0n) is 11.5. The third-order valence-corrected chi connectivity index (χ3v) is 3.07. The topological polar surface area (TPSA) is 28.2 Å². The van der Waals surface area contributed by atoms with E-state index in [1.54, 1.807) is 0 Å². The van der Waals surface area contributed by atoms with E-state index in [2.05, 4.69) is 55.2 Å². The van der Waals surface area contributed by atoms with Gasteiger partial charge in [-0.2, -0.15) is 0 Å². The molecule has 3 nitrogen and oxygen atoms in total. The van der Waals surface area contributed by atoms with Crippen molar-refractivity contribution in [2.75, 3.05) is 18.9 Å². The molecular weight excluding hydrogens is 210 g/mol. The second kappa shape index (κ2) is 7.28. The van der Waals surface area contributed by atoms with E-state index in [0.717, 1.165) is 18.9 Å². The molecular formula is C14H25N3. The Kier molecular flexibility index (Phi) is 5.98. The van der Waals surface area contributed by atoms with Crippen molar-refractivity contribution in [2.45, 2.75) is 46.2 Å². The Balaban J connectivity index is 2.50. The van der Waals surface area contributed by atoms with Crippen LogP contribution < -0.4 is 5.32 Å². The third-order valence-electron chi connectivity index (χ3n) is 3.07. The molecule has 1 aromatic rings. The van der Waals surface area contributed by atoms with Crippen LogP contribution in [0.1, 0.15) is 39.2 Å². The highest BCUT2D eigenvalue weighted by molar-refractivity contribution is 5.35. The molecule has 17 heavy (non-hydrogen) atoms. The van der Waals surface area contributed by atoms with Gasteiger partial charge in [-0.1, -0.05) is 19.4 Å². The summed E-state index contributed by atoms with van der Waals surface area (Å²) >= 11 is 0. The van der Waals surface area contributed by atoms with Crippen LogP contribution in [0.5, 0.6) is 0 Å². The summed E-state index contributed by atoms with van der Waals surface area (Å²) in [5.41, 5.74) is 1.28. The summed E-state index contributed by atoms with van der Waals surface area (Å²) in [4.78, 5) is 6.77. The largest absolute Gasteiger partial charge is 0.370 e. The van der Waals surface area contributed by atoms with Crippen LogP contribution in [0.3, 0.4) is 0 Å². The van der Waals surface area contributed by atoms with E-state index in [0.29, 0.717) is 6.04 Å².